The molecule has 152 valence electrons. The first-order chi connectivity index (χ1) is 15.2. The molecule has 0 saturated heterocycles. The molecule has 0 atom stereocenters. The summed E-state index contributed by atoms with van der Waals surface area (Å²) in [4.78, 5) is 13.0. The van der Waals surface area contributed by atoms with Gasteiger partial charge in [-0.1, -0.05) is 116 Å². The van der Waals surface area contributed by atoms with Crippen molar-refractivity contribution in [3.8, 4) is 5.75 Å². The molecule has 0 heterocycles. The smallest absolute Gasteiger partial charge is 0.413 e. The summed E-state index contributed by atoms with van der Waals surface area (Å²) in [7, 11) is 0. The molecule has 0 aromatic heterocycles. The van der Waals surface area contributed by atoms with E-state index in [0.29, 0.717) is 5.75 Å². The van der Waals surface area contributed by atoms with Gasteiger partial charge in [0.25, 0.3) is 0 Å². The van der Waals surface area contributed by atoms with Gasteiger partial charge in [0.05, 0.1) is 0 Å². The second-order valence-corrected chi connectivity index (χ2v) is 7.01. The predicted molar refractivity (Wildman–Crippen MR) is 123 cm³/mol. The summed E-state index contributed by atoms with van der Waals surface area (Å²) in [6.45, 7) is 3.74. The number of carbonyl (C=O) groups excluding carboxylic acids is 1. The molecule has 3 heteroatoms. The fourth-order valence-corrected chi connectivity index (χ4v) is 3.61. The molecule has 0 aliphatic heterocycles. The Morgan fingerprint density at radius 2 is 1.06 bits per heavy atom. The Hall–Kier alpha value is -4.11. The van der Waals surface area contributed by atoms with Crippen LogP contribution in [0.3, 0.4) is 0 Å². The van der Waals surface area contributed by atoms with Crippen LogP contribution in [0.1, 0.15) is 22.3 Å². The molecule has 0 amide bonds. The Morgan fingerprint density at radius 1 is 0.645 bits per heavy atom. The first kappa shape index (κ1) is 20.2. The molecular weight excluding hydrogens is 384 g/mol. The van der Waals surface area contributed by atoms with Crippen molar-refractivity contribution < 1.29 is 14.3 Å². The number of hydrogen-bond donors (Lipinski definition) is 0. The van der Waals surface area contributed by atoms with E-state index in [-0.39, 0.29) is 0 Å². The van der Waals surface area contributed by atoms with Crippen molar-refractivity contribution in [3.05, 3.63) is 144 Å². The zero-order valence-electron chi connectivity index (χ0n) is 17.0. The molecule has 3 nitrogen and oxygen atoms in total. The first-order valence-electron chi connectivity index (χ1n) is 10.0. The van der Waals surface area contributed by atoms with Gasteiger partial charge in [-0.25, -0.2) is 4.79 Å². The lowest BCUT2D eigenvalue weighted by molar-refractivity contribution is 0.0319. The minimum absolute atomic E-state index is 0.402. The molecule has 0 spiro atoms. The number of benzene rings is 4. The summed E-state index contributed by atoms with van der Waals surface area (Å²) < 4.78 is 11.7. The van der Waals surface area contributed by atoms with Crippen LogP contribution < -0.4 is 4.74 Å². The molecule has 0 bridgehead atoms. The highest BCUT2D eigenvalue weighted by Crippen LogP contribution is 2.40. The van der Waals surface area contributed by atoms with Crippen molar-refractivity contribution in [3.63, 3.8) is 0 Å². The SMILES string of the molecule is C=Cc1ccc(OC(=O)OC(c2ccccc2)(c2ccccc2)c2ccccc2)cc1. The topological polar surface area (TPSA) is 35.5 Å². The predicted octanol–water partition coefficient (Wildman–Crippen LogP) is 6.84. The quantitative estimate of drug-likeness (QED) is 0.200. The van der Waals surface area contributed by atoms with Gasteiger partial charge in [0.2, 0.25) is 0 Å². The van der Waals surface area contributed by atoms with E-state index in [2.05, 4.69) is 6.58 Å². The van der Waals surface area contributed by atoms with E-state index >= 15 is 0 Å². The molecule has 0 radical (unpaired) electrons. The lowest BCUT2D eigenvalue weighted by Crippen LogP contribution is -2.36. The van der Waals surface area contributed by atoms with Gasteiger partial charge < -0.3 is 9.47 Å². The monoisotopic (exact) mass is 406 g/mol. The maximum atomic E-state index is 13.0. The highest BCUT2D eigenvalue weighted by atomic mass is 16.7. The molecular formula is C28H22O3. The van der Waals surface area contributed by atoms with Crippen molar-refractivity contribution in [2.75, 3.05) is 0 Å². The Morgan fingerprint density at radius 3 is 1.45 bits per heavy atom. The Kier molecular flexibility index (Phi) is 5.95. The molecule has 4 aromatic rings. The minimum Gasteiger partial charge on any atom is -0.413 e. The van der Waals surface area contributed by atoms with Gasteiger partial charge in [-0.05, 0) is 17.7 Å². The van der Waals surface area contributed by atoms with Crippen molar-refractivity contribution in [2.24, 2.45) is 0 Å². The number of ether oxygens (including phenoxy) is 2. The van der Waals surface area contributed by atoms with Gasteiger partial charge in [0, 0.05) is 16.7 Å². The van der Waals surface area contributed by atoms with E-state index in [4.69, 9.17) is 9.47 Å². The number of hydrogen-bond acceptors (Lipinski definition) is 3. The summed E-state index contributed by atoms with van der Waals surface area (Å²) in [5, 5.41) is 0. The van der Waals surface area contributed by atoms with Crippen LogP contribution in [-0.4, -0.2) is 6.16 Å². The summed E-state index contributed by atoms with van der Waals surface area (Å²) in [6, 6.07) is 36.2. The maximum Gasteiger partial charge on any atom is 0.515 e. The molecule has 31 heavy (non-hydrogen) atoms. The van der Waals surface area contributed by atoms with Gasteiger partial charge in [-0.2, -0.15) is 0 Å². The standard InChI is InChI=1S/C28H22O3/c1-2-22-18-20-26(21-19-22)30-27(29)31-28(23-12-6-3-7-13-23,24-14-8-4-9-15-24)25-16-10-5-11-17-25/h2-21H,1H2. The largest absolute Gasteiger partial charge is 0.515 e. The Bertz CT molecular complexity index is 1040. The van der Waals surface area contributed by atoms with Gasteiger partial charge in [-0.3, -0.25) is 0 Å². The molecule has 0 fully saturated rings. The van der Waals surface area contributed by atoms with Crippen LogP contribution in [0.2, 0.25) is 0 Å². The molecule has 0 aliphatic carbocycles. The van der Waals surface area contributed by atoms with Crippen molar-refractivity contribution in [1.29, 1.82) is 0 Å². The van der Waals surface area contributed by atoms with Crippen LogP contribution >= 0.6 is 0 Å². The molecule has 0 N–H and O–H groups in total. The van der Waals surface area contributed by atoms with E-state index in [1.807, 2.05) is 103 Å². The van der Waals surface area contributed by atoms with Gasteiger partial charge in [-0.15, -0.1) is 0 Å². The number of carbonyl (C=O) groups is 1. The van der Waals surface area contributed by atoms with Crippen LogP contribution in [0, 0.1) is 0 Å². The third-order valence-corrected chi connectivity index (χ3v) is 5.09. The Balaban J connectivity index is 1.79. The molecule has 4 rings (SSSR count). The average Bonchev–Trinajstić information content (AvgIpc) is 2.85. The normalized spacial score (nSPS) is 10.8. The van der Waals surface area contributed by atoms with E-state index < -0.39 is 11.8 Å². The highest BCUT2D eigenvalue weighted by molar-refractivity contribution is 5.67. The van der Waals surface area contributed by atoms with E-state index in [0.717, 1.165) is 22.3 Å². The molecule has 0 saturated carbocycles. The minimum atomic E-state index is -1.16. The summed E-state index contributed by atoms with van der Waals surface area (Å²) in [5.74, 6) is 0.402. The van der Waals surface area contributed by atoms with Crippen LogP contribution in [-0.2, 0) is 10.3 Å². The summed E-state index contributed by atoms with van der Waals surface area (Å²) in [6.07, 6.45) is 0.941. The molecule has 4 aromatic carbocycles. The van der Waals surface area contributed by atoms with Gasteiger partial charge >= 0.3 is 6.16 Å². The third kappa shape index (κ3) is 4.26. The molecule has 0 aliphatic rings. The first-order valence-corrected chi connectivity index (χ1v) is 10.0. The fraction of sp³-hybridized carbons (Fsp3) is 0.0357. The highest BCUT2D eigenvalue weighted by Gasteiger charge is 2.41. The summed E-state index contributed by atoms with van der Waals surface area (Å²) >= 11 is 0. The van der Waals surface area contributed by atoms with Gasteiger partial charge in [0.1, 0.15) is 5.75 Å². The van der Waals surface area contributed by atoms with Crippen molar-refractivity contribution in [1.82, 2.24) is 0 Å². The van der Waals surface area contributed by atoms with Crippen molar-refractivity contribution in [2.45, 2.75) is 5.60 Å². The fourth-order valence-electron chi connectivity index (χ4n) is 3.61. The number of rotatable bonds is 6. The lowest BCUT2D eigenvalue weighted by Gasteiger charge is -2.34. The second-order valence-electron chi connectivity index (χ2n) is 7.01. The zero-order chi connectivity index (χ0) is 21.5. The van der Waals surface area contributed by atoms with Crippen LogP contribution in [0.25, 0.3) is 6.08 Å². The van der Waals surface area contributed by atoms with Crippen LogP contribution in [0.15, 0.2) is 122 Å². The maximum absolute atomic E-state index is 13.0. The van der Waals surface area contributed by atoms with E-state index in [1.165, 1.54) is 0 Å². The zero-order valence-corrected chi connectivity index (χ0v) is 17.0. The summed E-state index contributed by atoms with van der Waals surface area (Å²) in [5.41, 5.74) is 2.25. The Labute approximate surface area is 182 Å². The molecule has 0 unspecified atom stereocenters. The van der Waals surface area contributed by atoms with E-state index in [1.54, 1.807) is 18.2 Å². The van der Waals surface area contributed by atoms with Crippen LogP contribution in [0.4, 0.5) is 4.79 Å². The van der Waals surface area contributed by atoms with Gasteiger partial charge in [0.15, 0.2) is 5.60 Å². The third-order valence-electron chi connectivity index (χ3n) is 5.09. The lowest BCUT2D eigenvalue weighted by atomic mass is 9.80. The average molecular weight is 406 g/mol. The van der Waals surface area contributed by atoms with Crippen molar-refractivity contribution >= 4 is 12.2 Å². The second kappa shape index (κ2) is 9.14. The van der Waals surface area contributed by atoms with Crippen LogP contribution in [0.5, 0.6) is 5.75 Å². The van der Waals surface area contributed by atoms with E-state index in [9.17, 15) is 4.79 Å².